The predicted molar refractivity (Wildman–Crippen MR) is 188 cm³/mol. The van der Waals surface area contributed by atoms with Crippen molar-refractivity contribution in [1.29, 1.82) is 0 Å². The van der Waals surface area contributed by atoms with E-state index in [-0.39, 0.29) is 24.3 Å². The molecule has 0 unspecified atom stereocenters. The van der Waals surface area contributed by atoms with Crippen LogP contribution in [0.25, 0.3) is 22.3 Å². The van der Waals surface area contributed by atoms with Gasteiger partial charge in [-0.05, 0) is 47.2 Å². The second-order valence-electron chi connectivity index (χ2n) is 11.6. The van der Waals surface area contributed by atoms with E-state index in [2.05, 4.69) is 29.6 Å². The molecule has 0 fully saturated rings. The van der Waals surface area contributed by atoms with E-state index in [1.807, 2.05) is 60.7 Å². The third-order valence-corrected chi connectivity index (χ3v) is 7.87. The van der Waals surface area contributed by atoms with Crippen molar-refractivity contribution in [2.45, 2.75) is 64.2 Å². The molecule has 0 spiro atoms. The van der Waals surface area contributed by atoms with Gasteiger partial charge >= 0.3 is 24.2 Å². The van der Waals surface area contributed by atoms with E-state index in [0.29, 0.717) is 24.0 Å². The number of hydrogen-bond donors (Lipinski definition) is 0. The van der Waals surface area contributed by atoms with Gasteiger partial charge in [0.2, 0.25) is 0 Å². The summed E-state index contributed by atoms with van der Waals surface area (Å²) < 4.78 is 9.90. The van der Waals surface area contributed by atoms with Gasteiger partial charge in [-0.25, -0.2) is 29.0 Å². The Labute approximate surface area is 302 Å². The predicted octanol–water partition coefficient (Wildman–Crippen LogP) is 9.93. The monoisotopic (exact) mass is 714 g/mol. The molecular weight excluding hydrogens is 672 g/mol. The quantitative estimate of drug-likeness (QED) is 0.0351. The molecule has 274 valence electrons. The minimum Gasteiger partial charge on any atom is -0.432 e. The second-order valence-corrected chi connectivity index (χ2v) is 11.6. The van der Waals surface area contributed by atoms with Crippen LogP contribution in [0.15, 0.2) is 109 Å². The molecule has 0 aliphatic rings. The van der Waals surface area contributed by atoms with Gasteiger partial charge < -0.3 is 9.47 Å². The molecule has 0 saturated carbocycles. The molecule has 12 heteroatoms. The third-order valence-electron chi connectivity index (χ3n) is 7.87. The highest BCUT2D eigenvalue weighted by Crippen LogP contribution is 2.25. The Hall–Kier alpha value is -5.72. The zero-order valence-corrected chi connectivity index (χ0v) is 28.8. The highest BCUT2D eigenvalue weighted by molar-refractivity contribution is 5.97. The lowest BCUT2D eigenvalue weighted by Gasteiger charge is -2.08. The van der Waals surface area contributed by atoms with Crippen LogP contribution in [0.2, 0.25) is 0 Å². The summed E-state index contributed by atoms with van der Waals surface area (Å²) in [5.74, 6) is -1.62. The lowest BCUT2D eigenvalue weighted by molar-refractivity contribution is -0.452. The van der Waals surface area contributed by atoms with Gasteiger partial charge in [0.25, 0.3) is 0 Å². The molecule has 0 aliphatic carbocycles. The fraction of sp³-hybridized carbons (Fsp3) is 0.300. The summed E-state index contributed by atoms with van der Waals surface area (Å²) in [5.41, 5.74) is 3.47. The molecular formula is C40H42O12. The van der Waals surface area contributed by atoms with Crippen LogP contribution in [0.1, 0.15) is 84.9 Å². The van der Waals surface area contributed by atoms with Crippen molar-refractivity contribution in [2.75, 3.05) is 13.2 Å². The minimum atomic E-state index is -1.10. The van der Waals surface area contributed by atoms with Crippen molar-refractivity contribution in [3.05, 3.63) is 120 Å². The molecule has 0 atom stereocenters. The molecule has 0 aromatic heterocycles. The zero-order chi connectivity index (χ0) is 36.6. The normalized spacial score (nSPS) is 10.5. The van der Waals surface area contributed by atoms with Crippen LogP contribution < -0.4 is 0 Å². The Balaban J connectivity index is 0.918. The lowest BCUT2D eigenvalue weighted by Crippen LogP contribution is -2.13. The first-order chi connectivity index (χ1) is 25.5. The smallest absolute Gasteiger partial charge is 0.432 e. The number of carbonyl (C=O) groups excluding carboxylic acids is 4. The van der Waals surface area contributed by atoms with E-state index in [1.54, 1.807) is 48.5 Å². The zero-order valence-electron chi connectivity index (χ0n) is 28.8. The first-order valence-electron chi connectivity index (χ1n) is 17.3. The molecule has 52 heavy (non-hydrogen) atoms. The molecule has 0 aliphatic heterocycles. The molecule has 0 bridgehead atoms. The molecule has 4 aromatic rings. The molecule has 4 aromatic carbocycles. The van der Waals surface area contributed by atoms with Crippen molar-refractivity contribution in [3.8, 4) is 22.3 Å². The van der Waals surface area contributed by atoms with Gasteiger partial charge in [0.1, 0.15) is 0 Å². The Morgan fingerprint density at radius 2 is 0.692 bits per heavy atom. The average molecular weight is 715 g/mol. The van der Waals surface area contributed by atoms with Gasteiger partial charge in [0.15, 0.2) is 0 Å². The van der Waals surface area contributed by atoms with Crippen LogP contribution in [0.5, 0.6) is 0 Å². The summed E-state index contributed by atoms with van der Waals surface area (Å²) in [5, 5.41) is 8.71. The van der Waals surface area contributed by atoms with Crippen molar-refractivity contribution in [1.82, 2.24) is 0 Å². The first kappa shape index (κ1) is 39.1. The van der Waals surface area contributed by atoms with Crippen LogP contribution >= 0.6 is 0 Å². The van der Waals surface area contributed by atoms with E-state index in [9.17, 15) is 19.2 Å². The molecule has 0 saturated heterocycles. The van der Waals surface area contributed by atoms with Crippen LogP contribution in [0.3, 0.4) is 0 Å². The van der Waals surface area contributed by atoms with Crippen molar-refractivity contribution >= 4 is 24.2 Å². The summed E-state index contributed by atoms with van der Waals surface area (Å²) in [4.78, 5) is 66.4. The van der Waals surface area contributed by atoms with Crippen LogP contribution in [0, 0.1) is 0 Å². The molecule has 0 amide bonds. The Kier molecular flexibility index (Phi) is 17.2. The fourth-order valence-corrected chi connectivity index (χ4v) is 5.28. The van der Waals surface area contributed by atoms with Gasteiger partial charge in [0.05, 0.1) is 34.4 Å². The van der Waals surface area contributed by atoms with Gasteiger partial charge in [-0.2, -0.15) is 0 Å². The second kappa shape index (κ2) is 22.9. The highest BCUT2D eigenvalue weighted by Gasteiger charge is 2.18. The minimum absolute atomic E-state index is 0.156. The number of carbonyl (C=O) groups is 4. The van der Waals surface area contributed by atoms with E-state index < -0.39 is 24.2 Å². The fourth-order valence-electron chi connectivity index (χ4n) is 5.28. The summed E-state index contributed by atoms with van der Waals surface area (Å²) in [7, 11) is 0. The van der Waals surface area contributed by atoms with Gasteiger partial charge in [0, 0.05) is 0 Å². The topological polar surface area (TPSA) is 142 Å². The maximum atomic E-state index is 12.4. The Bertz CT molecular complexity index is 1550. The van der Waals surface area contributed by atoms with Gasteiger partial charge in [-0.1, -0.05) is 148 Å². The van der Waals surface area contributed by atoms with E-state index in [0.717, 1.165) is 62.5 Å². The van der Waals surface area contributed by atoms with Crippen LogP contribution in [0.4, 0.5) is 9.59 Å². The molecule has 0 N–H and O–H groups in total. The first-order valence-corrected chi connectivity index (χ1v) is 17.3. The van der Waals surface area contributed by atoms with Gasteiger partial charge in [-0.3, -0.25) is 9.78 Å². The molecule has 4 rings (SSSR count). The van der Waals surface area contributed by atoms with E-state index in [1.165, 1.54) is 0 Å². The highest BCUT2D eigenvalue weighted by atomic mass is 17.5. The van der Waals surface area contributed by atoms with E-state index in [4.69, 9.17) is 9.47 Å². The molecule has 0 heterocycles. The van der Waals surface area contributed by atoms with Crippen LogP contribution in [-0.2, 0) is 39.1 Å². The summed E-state index contributed by atoms with van der Waals surface area (Å²) in [6.07, 6.45) is 7.21. The molecule has 12 nitrogen and oxygen atoms in total. The van der Waals surface area contributed by atoms with Crippen molar-refractivity contribution in [2.24, 2.45) is 0 Å². The summed E-state index contributed by atoms with van der Waals surface area (Å²) in [6, 6.07) is 32.3. The van der Waals surface area contributed by atoms with Crippen molar-refractivity contribution < 1.29 is 58.3 Å². The maximum Gasteiger partial charge on any atom is 0.543 e. The number of unbranched alkanes of at least 4 members (excludes halogenated alkanes) is 9. The largest absolute Gasteiger partial charge is 0.543 e. The standard InChI is InChI=1S/C40H42O12/c41-37(35-27-17-15-25-33(35)31-21-11-9-12-22-31)47-51-49-39(43)45-29-19-7-5-3-1-2-4-6-8-20-30-46-40(44)50-52-48-38(42)36-28-18-16-26-34(36)32-23-13-10-14-24-32/h9-18,21-28H,1-8,19-20,29-30H2. The Morgan fingerprint density at radius 3 is 1.08 bits per heavy atom. The Morgan fingerprint density at radius 1 is 0.365 bits per heavy atom. The SMILES string of the molecule is O=C(OCCCCCCCCCCCCOC(=O)OOOC(=O)c1ccccc1-c1ccccc1)OOOC(=O)c1ccccc1-c1ccccc1. The number of ether oxygens (including phenoxy) is 2. The number of rotatable bonds is 21. The van der Waals surface area contributed by atoms with Gasteiger partial charge in [-0.15, -0.1) is 0 Å². The summed E-state index contributed by atoms with van der Waals surface area (Å²) in [6.45, 7) is 0.312. The summed E-state index contributed by atoms with van der Waals surface area (Å²) >= 11 is 0. The molecule has 0 radical (unpaired) electrons. The van der Waals surface area contributed by atoms with Crippen molar-refractivity contribution in [3.63, 3.8) is 0 Å². The number of hydrogen-bond acceptors (Lipinski definition) is 12. The maximum absolute atomic E-state index is 12.4. The third kappa shape index (κ3) is 13.9. The van der Waals surface area contributed by atoms with Crippen LogP contribution in [-0.4, -0.2) is 37.5 Å². The average Bonchev–Trinajstić information content (AvgIpc) is 3.18. The van der Waals surface area contributed by atoms with E-state index >= 15 is 0 Å². The lowest BCUT2D eigenvalue weighted by atomic mass is 10.00. The number of benzene rings is 4.